The van der Waals surface area contributed by atoms with Crippen LogP contribution in [0.1, 0.15) is 18.4 Å². The maximum absolute atomic E-state index is 12.5. The van der Waals surface area contributed by atoms with Gasteiger partial charge >= 0.3 is 0 Å². The second kappa shape index (κ2) is 4.21. The van der Waals surface area contributed by atoms with Crippen LogP contribution < -0.4 is 14.8 Å². The summed E-state index contributed by atoms with van der Waals surface area (Å²) in [6, 6.07) is 5.73. The van der Waals surface area contributed by atoms with E-state index in [2.05, 4.69) is 10.3 Å². The second-order valence-corrected chi connectivity index (χ2v) is 5.84. The van der Waals surface area contributed by atoms with Crippen LogP contribution in [0.4, 0.5) is 5.13 Å². The SMILES string of the molecule is O=C(Nc1nccs1)C1(c2ccc3c(c2)OCO3)CC1. The van der Waals surface area contributed by atoms with Gasteiger partial charge < -0.3 is 14.8 Å². The van der Waals surface area contributed by atoms with Gasteiger partial charge in [0.1, 0.15) is 0 Å². The third kappa shape index (κ3) is 1.76. The zero-order valence-electron chi connectivity index (χ0n) is 10.6. The Labute approximate surface area is 119 Å². The van der Waals surface area contributed by atoms with Crippen molar-refractivity contribution in [3.05, 3.63) is 35.3 Å². The third-order valence-electron chi connectivity index (χ3n) is 3.76. The van der Waals surface area contributed by atoms with Crippen molar-refractivity contribution >= 4 is 22.4 Å². The molecule has 102 valence electrons. The van der Waals surface area contributed by atoms with Crippen molar-refractivity contribution < 1.29 is 14.3 Å². The summed E-state index contributed by atoms with van der Waals surface area (Å²) in [5, 5.41) is 5.37. The number of aromatic nitrogens is 1. The molecule has 2 aromatic rings. The lowest BCUT2D eigenvalue weighted by Crippen LogP contribution is -2.27. The molecule has 0 unspecified atom stereocenters. The van der Waals surface area contributed by atoms with E-state index in [4.69, 9.17) is 9.47 Å². The number of rotatable bonds is 3. The van der Waals surface area contributed by atoms with E-state index in [1.807, 2.05) is 23.6 Å². The van der Waals surface area contributed by atoms with E-state index in [0.717, 1.165) is 29.9 Å². The number of amides is 1. The van der Waals surface area contributed by atoms with Crippen molar-refractivity contribution in [3.8, 4) is 11.5 Å². The fraction of sp³-hybridized carbons (Fsp3) is 0.286. The maximum Gasteiger partial charge on any atom is 0.236 e. The lowest BCUT2D eigenvalue weighted by molar-refractivity contribution is -0.118. The van der Waals surface area contributed by atoms with E-state index in [-0.39, 0.29) is 12.7 Å². The summed E-state index contributed by atoms with van der Waals surface area (Å²) < 4.78 is 10.7. The van der Waals surface area contributed by atoms with E-state index in [1.54, 1.807) is 6.20 Å². The zero-order chi connectivity index (χ0) is 13.6. The van der Waals surface area contributed by atoms with Crippen molar-refractivity contribution in [1.29, 1.82) is 0 Å². The largest absolute Gasteiger partial charge is 0.454 e. The van der Waals surface area contributed by atoms with Crippen molar-refractivity contribution in [2.45, 2.75) is 18.3 Å². The monoisotopic (exact) mass is 288 g/mol. The van der Waals surface area contributed by atoms with E-state index >= 15 is 0 Å². The summed E-state index contributed by atoms with van der Waals surface area (Å²) in [6.07, 6.45) is 3.38. The van der Waals surface area contributed by atoms with Crippen LogP contribution in [0.25, 0.3) is 0 Å². The number of anilines is 1. The number of benzene rings is 1. The molecule has 0 atom stereocenters. The molecule has 0 spiro atoms. The fourth-order valence-electron chi connectivity index (χ4n) is 2.47. The highest BCUT2D eigenvalue weighted by molar-refractivity contribution is 7.13. The number of ether oxygens (including phenoxy) is 2. The molecule has 1 fully saturated rings. The van der Waals surface area contributed by atoms with Gasteiger partial charge in [0.2, 0.25) is 12.7 Å². The molecule has 0 saturated heterocycles. The summed E-state index contributed by atoms with van der Waals surface area (Å²) in [6.45, 7) is 0.247. The molecule has 0 radical (unpaired) electrons. The minimum absolute atomic E-state index is 0.00585. The van der Waals surface area contributed by atoms with Crippen molar-refractivity contribution in [3.63, 3.8) is 0 Å². The molecule has 4 rings (SSSR count). The van der Waals surface area contributed by atoms with Crippen LogP contribution in [0.3, 0.4) is 0 Å². The van der Waals surface area contributed by atoms with E-state index < -0.39 is 5.41 Å². The first-order valence-corrected chi connectivity index (χ1v) is 7.27. The molecule has 1 amide bonds. The minimum Gasteiger partial charge on any atom is -0.454 e. The highest BCUT2D eigenvalue weighted by Crippen LogP contribution is 2.51. The van der Waals surface area contributed by atoms with Gasteiger partial charge in [-0.05, 0) is 30.5 Å². The number of hydrogen-bond donors (Lipinski definition) is 1. The van der Waals surface area contributed by atoms with Gasteiger partial charge in [-0.25, -0.2) is 4.98 Å². The molecule has 20 heavy (non-hydrogen) atoms. The van der Waals surface area contributed by atoms with Gasteiger partial charge in [0.15, 0.2) is 16.6 Å². The van der Waals surface area contributed by atoms with Crippen LogP contribution in [0, 0.1) is 0 Å². The average Bonchev–Trinajstić information content (AvgIpc) is 2.89. The van der Waals surface area contributed by atoms with Gasteiger partial charge in [-0.3, -0.25) is 4.79 Å². The molecule has 1 aromatic heterocycles. The number of fused-ring (bicyclic) bond motifs is 1. The standard InChI is InChI=1S/C14H12N2O3S/c17-12(16-13-15-5-6-20-13)14(3-4-14)9-1-2-10-11(7-9)19-8-18-10/h1-2,5-7H,3-4,8H2,(H,15,16,17). The third-order valence-corrected chi connectivity index (χ3v) is 4.45. The molecular weight excluding hydrogens is 276 g/mol. The molecule has 1 aromatic carbocycles. The Balaban J connectivity index is 1.62. The summed E-state index contributed by atoms with van der Waals surface area (Å²) in [4.78, 5) is 16.6. The molecule has 0 bridgehead atoms. The Morgan fingerprint density at radius 2 is 2.15 bits per heavy atom. The molecule has 2 heterocycles. The van der Waals surface area contributed by atoms with Crippen LogP contribution in [-0.2, 0) is 10.2 Å². The first-order chi connectivity index (χ1) is 9.78. The number of hydrogen-bond acceptors (Lipinski definition) is 5. The van der Waals surface area contributed by atoms with Crippen LogP contribution in [0.5, 0.6) is 11.5 Å². The van der Waals surface area contributed by atoms with Crippen LogP contribution in [0.2, 0.25) is 0 Å². The number of thiazole rings is 1. The van der Waals surface area contributed by atoms with E-state index in [1.165, 1.54) is 11.3 Å². The molecule has 5 nitrogen and oxygen atoms in total. The molecule has 2 aliphatic rings. The Morgan fingerprint density at radius 3 is 2.90 bits per heavy atom. The van der Waals surface area contributed by atoms with Crippen LogP contribution in [-0.4, -0.2) is 17.7 Å². The molecule has 1 N–H and O–H groups in total. The number of carbonyl (C=O) groups is 1. The Kier molecular flexibility index (Phi) is 2.47. The zero-order valence-corrected chi connectivity index (χ0v) is 11.4. The van der Waals surface area contributed by atoms with E-state index in [9.17, 15) is 4.79 Å². The second-order valence-electron chi connectivity index (χ2n) is 4.94. The number of nitrogens with one attached hydrogen (secondary N) is 1. The molecular formula is C14H12N2O3S. The normalized spacial score (nSPS) is 17.8. The maximum atomic E-state index is 12.5. The van der Waals surface area contributed by atoms with Crippen molar-refractivity contribution in [2.24, 2.45) is 0 Å². The Bertz CT molecular complexity index is 665. The van der Waals surface area contributed by atoms with Gasteiger partial charge in [0.25, 0.3) is 0 Å². The fourth-order valence-corrected chi connectivity index (χ4v) is 2.99. The van der Waals surface area contributed by atoms with E-state index in [0.29, 0.717) is 5.13 Å². The quantitative estimate of drug-likeness (QED) is 0.943. The highest BCUT2D eigenvalue weighted by Gasteiger charge is 2.51. The van der Waals surface area contributed by atoms with Gasteiger partial charge in [-0.1, -0.05) is 6.07 Å². The first kappa shape index (κ1) is 11.7. The van der Waals surface area contributed by atoms with Gasteiger partial charge in [0.05, 0.1) is 5.41 Å². The summed E-state index contributed by atoms with van der Waals surface area (Å²) >= 11 is 1.42. The Morgan fingerprint density at radius 1 is 1.30 bits per heavy atom. The lowest BCUT2D eigenvalue weighted by atomic mass is 9.94. The highest BCUT2D eigenvalue weighted by atomic mass is 32.1. The van der Waals surface area contributed by atoms with Gasteiger partial charge in [-0.2, -0.15) is 0 Å². The summed E-state index contributed by atoms with van der Waals surface area (Å²) in [7, 11) is 0. The van der Waals surface area contributed by atoms with Crippen molar-refractivity contribution in [2.75, 3.05) is 12.1 Å². The average molecular weight is 288 g/mol. The summed E-state index contributed by atoms with van der Waals surface area (Å²) in [5.74, 6) is 1.46. The molecule has 1 aliphatic heterocycles. The van der Waals surface area contributed by atoms with Crippen molar-refractivity contribution in [1.82, 2.24) is 4.98 Å². The smallest absolute Gasteiger partial charge is 0.236 e. The van der Waals surface area contributed by atoms with Crippen LogP contribution >= 0.6 is 11.3 Å². The van der Waals surface area contributed by atoms with Gasteiger partial charge in [0, 0.05) is 11.6 Å². The minimum atomic E-state index is -0.438. The predicted octanol–water partition coefficient (Wildman–Crippen LogP) is 2.54. The first-order valence-electron chi connectivity index (χ1n) is 6.39. The molecule has 6 heteroatoms. The topological polar surface area (TPSA) is 60.5 Å². The van der Waals surface area contributed by atoms with Crippen LogP contribution in [0.15, 0.2) is 29.8 Å². The number of carbonyl (C=O) groups excluding carboxylic acids is 1. The lowest BCUT2D eigenvalue weighted by Gasteiger charge is -2.15. The molecule has 1 aliphatic carbocycles. The molecule has 1 saturated carbocycles. The predicted molar refractivity (Wildman–Crippen MR) is 74.2 cm³/mol. The summed E-state index contributed by atoms with van der Waals surface area (Å²) in [5.41, 5.74) is 0.544. The number of nitrogens with zero attached hydrogens (tertiary/aromatic N) is 1. The Hall–Kier alpha value is -2.08. The van der Waals surface area contributed by atoms with Gasteiger partial charge in [-0.15, -0.1) is 11.3 Å².